The molecule has 0 atom stereocenters. The molecule has 188 valence electrons. The summed E-state index contributed by atoms with van der Waals surface area (Å²) >= 11 is 12.3. The van der Waals surface area contributed by atoms with Crippen molar-refractivity contribution < 1.29 is 18.9 Å². The monoisotopic (exact) mass is 509 g/mol. The van der Waals surface area contributed by atoms with Crippen LogP contribution in [0.5, 0.6) is 5.75 Å². The van der Waals surface area contributed by atoms with Crippen LogP contribution in [0, 0.1) is 0 Å². The molecule has 7 heteroatoms. The lowest BCUT2D eigenvalue weighted by molar-refractivity contribution is -0.180. The number of fused-ring (bicyclic) bond motifs is 1. The Balaban J connectivity index is 1.12. The highest BCUT2D eigenvalue weighted by molar-refractivity contribution is 6.35. The van der Waals surface area contributed by atoms with Gasteiger partial charge in [0.15, 0.2) is 0 Å². The number of benzene rings is 2. The van der Waals surface area contributed by atoms with Crippen LogP contribution in [0.3, 0.4) is 0 Å². The summed E-state index contributed by atoms with van der Waals surface area (Å²) in [5.74, 6) is 0.398. The minimum absolute atomic E-state index is 0.405. The number of ether oxygens (including phenoxy) is 4. The van der Waals surface area contributed by atoms with Crippen molar-refractivity contribution in [2.24, 2.45) is 0 Å². The zero-order valence-electron chi connectivity index (χ0n) is 20.3. The van der Waals surface area contributed by atoms with E-state index in [0.717, 1.165) is 49.4 Å². The van der Waals surface area contributed by atoms with E-state index >= 15 is 0 Å². The Bertz CT molecular complexity index is 871. The molecule has 1 N–H and O–H groups in total. The highest BCUT2D eigenvalue weighted by Gasteiger charge is 2.27. The molecule has 1 aliphatic heterocycles. The average molecular weight is 511 g/mol. The number of unbranched alkanes of at least 4 members (excludes halogenated alkanes) is 3. The highest BCUT2D eigenvalue weighted by Crippen LogP contribution is 2.31. The Morgan fingerprint density at radius 3 is 2.50 bits per heavy atom. The summed E-state index contributed by atoms with van der Waals surface area (Å²) in [6.45, 7) is 8.82. The van der Waals surface area contributed by atoms with E-state index in [1.165, 1.54) is 24.8 Å². The van der Waals surface area contributed by atoms with E-state index in [4.69, 9.17) is 42.1 Å². The first-order chi connectivity index (χ1) is 16.4. The molecule has 0 bridgehead atoms. The van der Waals surface area contributed by atoms with Gasteiger partial charge in [0.25, 0.3) is 0 Å². The summed E-state index contributed by atoms with van der Waals surface area (Å²) in [6.07, 6.45) is 5.66. The summed E-state index contributed by atoms with van der Waals surface area (Å²) in [7, 11) is 0. The highest BCUT2D eigenvalue weighted by atomic mass is 35.5. The van der Waals surface area contributed by atoms with E-state index in [0.29, 0.717) is 36.5 Å². The minimum Gasteiger partial charge on any atom is -0.463 e. The smallest absolute Gasteiger partial charge is 0.205 e. The van der Waals surface area contributed by atoms with Gasteiger partial charge in [0, 0.05) is 41.6 Å². The van der Waals surface area contributed by atoms with Crippen LogP contribution in [0.4, 0.5) is 0 Å². The molecule has 2 aromatic rings. The SMILES string of the molecule is CC1(C)OCc2cc(CCNCCCCCCOCCOCc3c(Cl)cccc3Cl)ccc2O1. The van der Waals surface area contributed by atoms with E-state index in [1.807, 2.05) is 32.0 Å². The quantitative estimate of drug-likeness (QED) is 0.275. The third-order valence-corrected chi connectivity index (χ3v) is 6.43. The lowest BCUT2D eigenvalue weighted by atomic mass is 10.1. The summed E-state index contributed by atoms with van der Waals surface area (Å²) in [6, 6.07) is 11.9. The standard InChI is InChI=1S/C27H37Cl2NO4/c1-27(2)33-19-22-18-21(10-11-26(22)34-27)12-14-30-13-5-3-4-6-15-31-16-17-32-20-23-24(28)8-7-9-25(23)29/h7-11,18,30H,3-6,12-17,19-20H2,1-2H3. The molecule has 34 heavy (non-hydrogen) atoms. The van der Waals surface area contributed by atoms with E-state index in [-0.39, 0.29) is 0 Å². The van der Waals surface area contributed by atoms with E-state index in [1.54, 1.807) is 0 Å². The van der Waals surface area contributed by atoms with Gasteiger partial charge in [-0.2, -0.15) is 0 Å². The number of hydrogen-bond donors (Lipinski definition) is 1. The van der Waals surface area contributed by atoms with Crippen molar-refractivity contribution in [3.63, 3.8) is 0 Å². The van der Waals surface area contributed by atoms with Crippen molar-refractivity contribution in [3.05, 3.63) is 63.1 Å². The van der Waals surface area contributed by atoms with Crippen LogP contribution < -0.4 is 10.1 Å². The van der Waals surface area contributed by atoms with Gasteiger partial charge in [-0.3, -0.25) is 0 Å². The Labute approximate surface area is 214 Å². The largest absolute Gasteiger partial charge is 0.463 e. The molecule has 1 aliphatic rings. The van der Waals surface area contributed by atoms with Gasteiger partial charge < -0.3 is 24.3 Å². The topological polar surface area (TPSA) is 49.0 Å². The van der Waals surface area contributed by atoms with E-state index in [9.17, 15) is 0 Å². The van der Waals surface area contributed by atoms with Crippen LogP contribution in [0.2, 0.25) is 10.0 Å². The first-order valence-electron chi connectivity index (χ1n) is 12.2. The van der Waals surface area contributed by atoms with Crippen molar-refractivity contribution in [2.75, 3.05) is 32.9 Å². The summed E-state index contributed by atoms with van der Waals surface area (Å²) < 4.78 is 22.9. The van der Waals surface area contributed by atoms with Gasteiger partial charge in [0.1, 0.15) is 5.75 Å². The van der Waals surface area contributed by atoms with Gasteiger partial charge in [0.2, 0.25) is 5.79 Å². The Kier molecular flexibility index (Phi) is 11.4. The van der Waals surface area contributed by atoms with Crippen molar-refractivity contribution in [2.45, 2.75) is 65.0 Å². The van der Waals surface area contributed by atoms with Gasteiger partial charge >= 0.3 is 0 Å². The fourth-order valence-corrected chi connectivity index (χ4v) is 4.28. The fraction of sp³-hybridized carbons (Fsp3) is 0.556. The Hall–Kier alpha value is -1.34. The minimum atomic E-state index is -0.538. The van der Waals surface area contributed by atoms with Gasteiger partial charge in [-0.05, 0) is 62.2 Å². The van der Waals surface area contributed by atoms with Crippen LogP contribution in [0.1, 0.15) is 56.2 Å². The number of nitrogens with one attached hydrogen (secondary N) is 1. The first kappa shape index (κ1) is 27.3. The molecular formula is C27H37Cl2NO4. The molecule has 0 fully saturated rings. The molecule has 2 aromatic carbocycles. The lowest BCUT2D eigenvalue weighted by Gasteiger charge is -2.32. The second-order valence-corrected chi connectivity index (χ2v) is 9.83. The maximum Gasteiger partial charge on any atom is 0.205 e. The molecule has 0 aliphatic carbocycles. The molecule has 0 saturated heterocycles. The van der Waals surface area contributed by atoms with E-state index in [2.05, 4.69) is 23.5 Å². The molecule has 0 saturated carbocycles. The molecular weight excluding hydrogens is 473 g/mol. The Morgan fingerprint density at radius 1 is 0.912 bits per heavy atom. The number of halogens is 2. The molecule has 0 spiro atoms. The zero-order chi connectivity index (χ0) is 24.2. The van der Waals surface area contributed by atoms with Crippen LogP contribution in [-0.4, -0.2) is 38.7 Å². The fourth-order valence-electron chi connectivity index (χ4n) is 3.78. The predicted octanol–water partition coefficient (Wildman–Crippen LogP) is 6.56. The number of rotatable bonds is 15. The van der Waals surface area contributed by atoms with Crippen molar-refractivity contribution in [1.82, 2.24) is 5.32 Å². The first-order valence-corrected chi connectivity index (χ1v) is 12.9. The maximum absolute atomic E-state index is 6.13. The molecule has 0 aromatic heterocycles. The van der Waals surface area contributed by atoms with Crippen LogP contribution in [-0.2, 0) is 33.8 Å². The second-order valence-electron chi connectivity index (χ2n) is 9.01. The molecule has 1 heterocycles. The zero-order valence-corrected chi connectivity index (χ0v) is 21.9. The summed E-state index contributed by atoms with van der Waals surface area (Å²) in [4.78, 5) is 0. The summed E-state index contributed by atoms with van der Waals surface area (Å²) in [5, 5.41) is 4.81. The van der Waals surface area contributed by atoms with Crippen molar-refractivity contribution >= 4 is 23.2 Å². The third kappa shape index (κ3) is 9.37. The van der Waals surface area contributed by atoms with E-state index < -0.39 is 5.79 Å². The normalized spacial score (nSPS) is 14.6. The average Bonchev–Trinajstić information content (AvgIpc) is 2.80. The number of hydrogen-bond acceptors (Lipinski definition) is 5. The van der Waals surface area contributed by atoms with Gasteiger partial charge in [-0.15, -0.1) is 0 Å². The molecule has 5 nitrogen and oxygen atoms in total. The molecule has 0 unspecified atom stereocenters. The molecule has 0 radical (unpaired) electrons. The van der Waals surface area contributed by atoms with Crippen molar-refractivity contribution in [3.8, 4) is 5.75 Å². The van der Waals surface area contributed by atoms with Crippen molar-refractivity contribution in [1.29, 1.82) is 0 Å². The lowest BCUT2D eigenvalue weighted by Crippen LogP contribution is -2.35. The third-order valence-electron chi connectivity index (χ3n) is 5.72. The van der Waals surface area contributed by atoms with Gasteiger partial charge in [-0.1, -0.05) is 48.2 Å². The van der Waals surface area contributed by atoms with Crippen LogP contribution in [0.25, 0.3) is 0 Å². The van der Waals surface area contributed by atoms with Crippen LogP contribution >= 0.6 is 23.2 Å². The van der Waals surface area contributed by atoms with Gasteiger partial charge in [0.05, 0.1) is 26.4 Å². The second kappa shape index (κ2) is 14.3. The van der Waals surface area contributed by atoms with Crippen LogP contribution in [0.15, 0.2) is 36.4 Å². The molecule has 0 amide bonds. The summed E-state index contributed by atoms with van der Waals surface area (Å²) in [5.41, 5.74) is 3.28. The predicted molar refractivity (Wildman–Crippen MR) is 138 cm³/mol. The van der Waals surface area contributed by atoms with Gasteiger partial charge in [-0.25, -0.2) is 0 Å². The molecule has 3 rings (SSSR count). The maximum atomic E-state index is 6.13. The Morgan fingerprint density at radius 2 is 1.68 bits per heavy atom.